The predicted molar refractivity (Wildman–Crippen MR) is 75.2 cm³/mol. The summed E-state index contributed by atoms with van der Waals surface area (Å²) in [5, 5.41) is 11.6. The van der Waals surface area contributed by atoms with Crippen molar-refractivity contribution in [1.29, 1.82) is 0 Å². The van der Waals surface area contributed by atoms with E-state index in [0.29, 0.717) is 4.90 Å². The van der Waals surface area contributed by atoms with Gasteiger partial charge in [0.15, 0.2) is 0 Å². The number of hydrogen-bond donors (Lipinski definition) is 0. The number of halogens is 2. The number of carboxylic acids is 1. The fraction of sp³-hybridized carbons (Fsp3) is 0.357. The van der Waals surface area contributed by atoms with E-state index in [-0.39, 0.29) is 33.5 Å². The molecule has 1 aliphatic heterocycles. The first-order valence-corrected chi connectivity index (χ1v) is 7.07. The molecule has 7 heteroatoms. The Hall–Kier alpha value is -1.59. The average molecular weight is 329 g/mol. The van der Waals surface area contributed by atoms with E-state index in [2.05, 4.69) is 0 Å². The van der Waals surface area contributed by atoms with Crippen LogP contribution in [-0.2, 0) is 4.79 Å². The Balaban J connectivity index is 2.47. The Labute approximate surface area is 131 Å². The third-order valence-corrected chi connectivity index (χ3v) is 3.96. The Kier molecular flexibility index (Phi) is 4.25. The topological polar surface area (TPSA) is 77.5 Å². The molecule has 0 unspecified atom stereocenters. The van der Waals surface area contributed by atoms with Crippen molar-refractivity contribution < 1.29 is 19.5 Å². The van der Waals surface area contributed by atoms with Crippen molar-refractivity contribution in [3.05, 3.63) is 33.3 Å². The lowest BCUT2D eigenvalue weighted by molar-refractivity contribution is -0.310. The second-order valence-corrected chi connectivity index (χ2v) is 6.07. The van der Waals surface area contributed by atoms with Crippen LogP contribution in [0.2, 0.25) is 10.0 Å². The molecule has 0 N–H and O–H groups in total. The fourth-order valence-electron chi connectivity index (χ4n) is 2.29. The summed E-state index contributed by atoms with van der Waals surface area (Å²) in [7, 11) is 0. The van der Waals surface area contributed by atoms with Gasteiger partial charge < -0.3 is 9.90 Å². The zero-order valence-electron chi connectivity index (χ0n) is 11.4. The van der Waals surface area contributed by atoms with Crippen LogP contribution in [0, 0.1) is 5.92 Å². The maximum Gasteiger partial charge on any atom is 0.262 e. The maximum atomic E-state index is 12.3. The fourth-order valence-corrected chi connectivity index (χ4v) is 2.62. The lowest BCUT2D eigenvalue weighted by Gasteiger charge is -2.28. The number of carboxylic acid groups (broad SMARTS) is 1. The number of aliphatic carboxylic acids is 1. The molecular weight excluding hydrogens is 317 g/mol. The Morgan fingerprint density at radius 2 is 1.57 bits per heavy atom. The van der Waals surface area contributed by atoms with E-state index in [1.54, 1.807) is 13.8 Å². The smallest absolute Gasteiger partial charge is 0.262 e. The molecule has 1 heterocycles. The molecule has 0 saturated heterocycles. The van der Waals surface area contributed by atoms with Gasteiger partial charge in [0.1, 0.15) is 0 Å². The van der Waals surface area contributed by atoms with E-state index < -0.39 is 23.8 Å². The summed E-state index contributed by atoms with van der Waals surface area (Å²) in [6.07, 6.45) is 0.120. The summed E-state index contributed by atoms with van der Waals surface area (Å²) in [5.41, 5.74) is 0.119. The summed E-state index contributed by atoms with van der Waals surface area (Å²) < 4.78 is 0. The van der Waals surface area contributed by atoms with Gasteiger partial charge >= 0.3 is 0 Å². The van der Waals surface area contributed by atoms with E-state index in [9.17, 15) is 19.5 Å². The highest BCUT2D eigenvalue weighted by atomic mass is 35.5. The summed E-state index contributed by atoms with van der Waals surface area (Å²) >= 11 is 11.7. The first-order chi connectivity index (χ1) is 9.73. The molecule has 1 atom stereocenters. The molecule has 21 heavy (non-hydrogen) atoms. The minimum atomic E-state index is -1.46. The molecule has 1 aromatic carbocycles. The quantitative estimate of drug-likeness (QED) is 0.789. The minimum absolute atomic E-state index is 0.0237. The van der Waals surface area contributed by atoms with Crippen LogP contribution in [0.3, 0.4) is 0 Å². The molecule has 1 aromatic rings. The van der Waals surface area contributed by atoms with Gasteiger partial charge in [-0.3, -0.25) is 14.5 Å². The van der Waals surface area contributed by atoms with E-state index in [1.807, 2.05) is 0 Å². The molecule has 1 aliphatic rings. The number of imide groups is 1. The molecule has 0 spiro atoms. The minimum Gasteiger partial charge on any atom is -0.548 e. The standard InChI is InChI=1S/C14H13Cl2NO4/c1-6(2)3-11(14(20)21)17-12(18)7-4-9(15)10(16)5-8(7)13(17)19/h4-6,11H,3H2,1-2H3,(H,20,21)/p-1/t11-/m0/s1. The molecule has 2 rings (SSSR count). The number of nitrogens with zero attached hydrogens (tertiary/aromatic N) is 1. The van der Waals surface area contributed by atoms with Crippen LogP contribution in [0.15, 0.2) is 12.1 Å². The molecule has 0 saturated carbocycles. The molecule has 0 fully saturated rings. The van der Waals surface area contributed by atoms with Gasteiger partial charge in [-0.2, -0.15) is 0 Å². The SMILES string of the molecule is CC(C)C[C@@H](C(=O)[O-])N1C(=O)c2cc(Cl)c(Cl)cc2C1=O. The van der Waals surface area contributed by atoms with Gasteiger partial charge in [0, 0.05) is 0 Å². The van der Waals surface area contributed by atoms with Crippen LogP contribution in [0.25, 0.3) is 0 Å². The van der Waals surface area contributed by atoms with Gasteiger partial charge in [0.25, 0.3) is 11.8 Å². The van der Waals surface area contributed by atoms with E-state index >= 15 is 0 Å². The Morgan fingerprint density at radius 1 is 1.14 bits per heavy atom. The molecular formula is C14H12Cl2NO4-. The van der Waals surface area contributed by atoms with Crippen molar-refractivity contribution in [3.8, 4) is 0 Å². The van der Waals surface area contributed by atoms with Gasteiger partial charge in [0.2, 0.25) is 0 Å². The van der Waals surface area contributed by atoms with E-state index in [1.165, 1.54) is 12.1 Å². The molecule has 112 valence electrons. The van der Waals surface area contributed by atoms with Crippen molar-refractivity contribution in [2.45, 2.75) is 26.3 Å². The molecule has 5 nitrogen and oxygen atoms in total. The van der Waals surface area contributed by atoms with Crippen LogP contribution in [0.4, 0.5) is 0 Å². The van der Waals surface area contributed by atoms with Gasteiger partial charge in [-0.1, -0.05) is 37.0 Å². The first kappa shape index (κ1) is 15.8. The second kappa shape index (κ2) is 5.66. The lowest BCUT2D eigenvalue weighted by atomic mass is 10.0. The van der Waals surface area contributed by atoms with Crippen LogP contribution in [0.5, 0.6) is 0 Å². The highest BCUT2D eigenvalue weighted by Gasteiger charge is 2.41. The number of amides is 2. The summed E-state index contributed by atoms with van der Waals surface area (Å²) in [4.78, 5) is 36.6. The van der Waals surface area contributed by atoms with Crippen LogP contribution >= 0.6 is 23.2 Å². The monoisotopic (exact) mass is 328 g/mol. The largest absolute Gasteiger partial charge is 0.548 e. The van der Waals surface area contributed by atoms with Crippen LogP contribution < -0.4 is 5.11 Å². The average Bonchev–Trinajstić information content (AvgIpc) is 2.60. The highest BCUT2D eigenvalue weighted by molar-refractivity contribution is 6.43. The molecule has 0 aliphatic carbocycles. The number of carbonyl (C=O) groups excluding carboxylic acids is 3. The van der Waals surface area contributed by atoms with Gasteiger partial charge in [-0.25, -0.2) is 0 Å². The second-order valence-electron chi connectivity index (χ2n) is 5.26. The number of benzene rings is 1. The zero-order valence-corrected chi connectivity index (χ0v) is 12.9. The maximum absolute atomic E-state index is 12.3. The third-order valence-electron chi connectivity index (χ3n) is 3.24. The Bertz CT molecular complexity index is 601. The van der Waals surface area contributed by atoms with Crippen molar-refractivity contribution in [2.75, 3.05) is 0 Å². The van der Waals surface area contributed by atoms with Gasteiger partial charge in [0.05, 0.1) is 33.2 Å². The summed E-state index contributed by atoms with van der Waals surface area (Å²) in [6, 6.07) is 1.25. The molecule has 0 bridgehead atoms. The molecule has 0 radical (unpaired) electrons. The van der Waals surface area contributed by atoms with Crippen LogP contribution in [-0.4, -0.2) is 28.7 Å². The van der Waals surface area contributed by atoms with Crippen LogP contribution in [0.1, 0.15) is 41.0 Å². The van der Waals surface area contributed by atoms with Crippen molar-refractivity contribution in [2.24, 2.45) is 5.92 Å². The number of hydrogen-bond acceptors (Lipinski definition) is 4. The first-order valence-electron chi connectivity index (χ1n) is 6.31. The molecule has 0 aromatic heterocycles. The highest BCUT2D eigenvalue weighted by Crippen LogP contribution is 2.33. The van der Waals surface area contributed by atoms with Crippen molar-refractivity contribution >= 4 is 41.0 Å². The van der Waals surface area contributed by atoms with Gasteiger partial charge in [-0.15, -0.1) is 0 Å². The number of fused-ring (bicyclic) bond motifs is 1. The summed E-state index contributed by atoms with van der Waals surface area (Å²) in [5.74, 6) is -2.87. The van der Waals surface area contributed by atoms with Crippen molar-refractivity contribution in [1.82, 2.24) is 4.90 Å². The van der Waals surface area contributed by atoms with E-state index in [4.69, 9.17) is 23.2 Å². The third kappa shape index (κ3) is 2.76. The normalized spacial score (nSPS) is 15.6. The predicted octanol–water partition coefficient (Wildman–Crippen LogP) is 1.75. The molecule has 2 amide bonds. The number of carbonyl (C=O) groups is 3. The number of rotatable bonds is 4. The van der Waals surface area contributed by atoms with E-state index in [0.717, 1.165) is 0 Å². The lowest BCUT2D eigenvalue weighted by Crippen LogP contribution is -2.51. The summed E-state index contributed by atoms with van der Waals surface area (Å²) in [6.45, 7) is 3.59. The zero-order chi connectivity index (χ0) is 15.9. The Morgan fingerprint density at radius 3 is 1.90 bits per heavy atom. The van der Waals surface area contributed by atoms with Gasteiger partial charge in [-0.05, 0) is 24.5 Å². The van der Waals surface area contributed by atoms with Crippen molar-refractivity contribution in [3.63, 3.8) is 0 Å².